The van der Waals surface area contributed by atoms with E-state index in [1.807, 2.05) is 0 Å². The molecule has 1 heteroatoms. The van der Waals surface area contributed by atoms with Gasteiger partial charge in [0.05, 0.1) is 0 Å². The van der Waals surface area contributed by atoms with Gasteiger partial charge >= 0.3 is 0 Å². The number of hydrogen-bond acceptors (Lipinski definition) is 1. The highest BCUT2D eigenvalue weighted by Crippen LogP contribution is 2.33. The lowest BCUT2D eigenvalue weighted by molar-refractivity contribution is 0.154. The molecular weight excluding hydrogens is 146 g/mol. The van der Waals surface area contributed by atoms with Crippen LogP contribution in [0.15, 0.2) is 0 Å². The summed E-state index contributed by atoms with van der Waals surface area (Å²) in [7, 11) is 0. The first-order valence-electron chi connectivity index (χ1n) is 5.51. The van der Waals surface area contributed by atoms with Gasteiger partial charge in [0.1, 0.15) is 0 Å². The van der Waals surface area contributed by atoms with Crippen molar-refractivity contribution in [1.82, 2.24) is 5.32 Å². The van der Waals surface area contributed by atoms with Gasteiger partial charge in [-0.25, -0.2) is 0 Å². The second-order valence-electron chi connectivity index (χ2n) is 4.97. The second-order valence-corrected chi connectivity index (χ2v) is 4.97. The van der Waals surface area contributed by atoms with Crippen molar-refractivity contribution in [3.63, 3.8) is 0 Å². The van der Waals surface area contributed by atoms with E-state index in [0.29, 0.717) is 0 Å². The standard InChI is InChI=1S/C11H21N/c1-8(2)9-6-10-4-3-5-11(7-9)12-10/h8-12H,3-7H2,1-2H3. The highest BCUT2D eigenvalue weighted by molar-refractivity contribution is 4.89. The molecule has 2 atom stereocenters. The summed E-state index contributed by atoms with van der Waals surface area (Å²) in [6.45, 7) is 4.76. The molecule has 2 heterocycles. The van der Waals surface area contributed by atoms with Crippen LogP contribution in [0.25, 0.3) is 0 Å². The molecule has 2 fully saturated rings. The summed E-state index contributed by atoms with van der Waals surface area (Å²) in [5, 5.41) is 3.74. The smallest absolute Gasteiger partial charge is 0.00724 e. The van der Waals surface area contributed by atoms with E-state index in [1.165, 1.54) is 32.1 Å². The average Bonchev–Trinajstić information content (AvgIpc) is 2.03. The first-order valence-corrected chi connectivity index (χ1v) is 5.51. The van der Waals surface area contributed by atoms with Gasteiger partial charge in [-0.1, -0.05) is 20.3 Å². The molecule has 0 aliphatic carbocycles. The molecule has 2 aliphatic rings. The third-order valence-corrected chi connectivity index (χ3v) is 3.69. The molecule has 0 amide bonds. The fraction of sp³-hybridized carbons (Fsp3) is 1.00. The summed E-state index contributed by atoms with van der Waals surface area (Å²) in [5.41, 5.74) is 0. The molecule has 0 aromatic heterocycles. The molecule has 0 radical (unpaired) electrons. The van der Waals surface area contributed by atoms with E-state index < -0.39 is 0 Å². The monoisotopic (exact) mass is 167 g/mol. The van der Waals surface area contributed by atoms with Crippen LogP contribution in [0.5, 0.6) is 0 Å². The maximum atomic E-state index is 3.74. The van der Waals surface area contributed by atoms with Crippen LogP contribution in [0, 0.1) is 11.8 Å². The summed E-state index contributed by atoms with van der Waals surface area (Å²) in [4.78, 5) is 0. The Hall–Kier alpha value is -0.0400. The van der Waals surface area contributed by atoms with Gasteiger partial charge in [0.15, 0.2) is 0 Å². The summed E-state index contributed by atoms with van der Waals surface area (Å²) in [6.07, 6.45) is 7.20. The number of rotatable bonds is 1. The van der Waals surface area contributed by atoms with Crippen molar-refractivity contribution in [2.24, 2.45) is 11.8 Å². The average molecular weight is 167 g/mol. The summed E-state index contributed by atoms with van der Waals surface area (Å²) < 4.78 is 0. The van der Waals surface area contributed by atoms with Crippen molar-refractivity contribution in [1.29, 1.82) is 0 Å². The SMILES string of the molecule is CC(C)C1CC2CCCC(C1)N2. The van der Waals surface area contributed by atoms with Gasteiger partial charge in [0.25, 0.3) is 0 Å². The maximum absolute atomic E-state index is 3.74. The van der Waals surface area contributed by atoms with Gasteiger partial charge in [-0.15, -0.1) is 0 Å². The van der Waals surface area contributed by atoms with E-state index in [2.05, 4.69) is 19.2 Å². The number of piperidine rings is 2. The zero-order valence-corrected chi connectivity index (χ0v) is 8.34. The van der Waals surface area contributed by atoms with Gasteiger partial charge < -0.3 is 5.32 Å². The molecule has 2 rings (SSSR count). The largest absolute Gasteiger partial charge is 0.311 e. The Morgan fingerprint density at radius 2 is 1.67 bits per heavy atom. The van der Waals surface area contributed by atoms with Crippen LogP contribution in [-0.2, 0) is 0 Å². The molecule has 12 heavy (non-hydrogen) atoms. The number of hydrogen-bond donors (Lipinski definition) is 1. The van der Waals surface area contributed by atoms with Crippen molar-refractivity contribution in [2.75, 3.05) is 0 Å². The quantitative estimate of drug-likeness (QED) is 0.633. The molecule has 2 unspecified atom stereocenters. The molecule has 2 bridgehead atoms. The maximum Gasteiger partial charge on any atom is 0.00724 e. The van der Waals surface area contributed by atoms with Crippen molar-refractivity contribution < 1.29 is 0 Å². The fourth-order valence-electron chi connectivity index (χ4n) is 2.85. The molecule has 0 saturated carbocycles. The third-order valence-electron chi connectivity index (χ3n) is 3.69. The van der Waals surface area contributed by atoms with Crippen molar-refractivity contribution in [2.45, 2.75) is 58.0 Å². The lowest BCUT2D eigenvalue weighted by Gasteiger charge is -2.41. The Kier molecular flexibility index (Phi) is 2.40. The zero-order chi connectivity index (χ0) is 8.55. The van der Waals surface area contributed by atoms with Crippen LogP contribution >= 0.6 is 0 Å². The minimum atomic E-state index is 0.866. The van der Waals surface area contributed by atoms with E-state index in [4.69, 9.17) is 0 Å². The fourth-order valence-corrected chi connectivity index (χ4v) is 2.85. The molecule has 2 aliphatic heterocycles. The molecule has 0 aromatic rings. The van der Waals surface area contributed by atoms with Crippen molar-refractivity contribution >= 4 is 0 Å². The lowest BCUT2D eigenvalue weighted by atomic mass is 9.76. The van der Waals surface area contributed by atoms with Gasteiger partial charge in [0.2, 0.25) is 0 Å². The Bertz CT molecular complexity index is 141. The normalized spacial score (nSPS) is 41.8. The Balaban J connectivity index is 1.96. The molecule has 0 aromatic carbocycles. The highest BCUT2D eigenvalue weighted by atomic mass is 15.0. The minimum Gasteiger partial charge on any atom is -0.311 e. The van der Waals surface area contributed by atoms with Crippen molar-refractivity contribution in [3.05, 3.63) is 0 Å². The molecule has 70 valence electrons. The highest BCUT2D eigenvalue weighted by Gasteiger charge is 2.31. The minimum absolute atomic E-state index is 0.866. The Labute approximate surface area is 75.9 Å². The molecule has 0 spiro atoms. The van der Waals surface area contributed by atoms with E-state index >= 15 is 0 Å². The molecule has 1 N–H and O–H groups in total. The summed E-state index contributed by atoms with van der Waals surface area (Å²) in [6, 6.07) is 1.73. The van der Waals surface area contributed by atoms with Crippen LogP contribution in [0.3, 0.4) is 0 Å². The third kappa shape index (κ3) is 1.66. The first kappa shape index (κ1) is 8.55. The van der Waals surface area contributed by atoms with E-state index in [-0.39, 0.29) is 0 Å². The van der Waals surface area contributed by atoms with Crippen LogP contribution in [0.1, 0.15) is 46.0 Å². The first-order chi connectivity index (χ1) is 5.75. The predicted octanol–water partition coefficient (Wildman–Crippen LogP) is 2.56. The Morgan fingerprint density at radius 1 is 1.08 bits per heavy atom. The summed E-state index contributed by atoms with van der Waals surface area (Å²) >= 11 is 0. The topological polar surface area (TPSA) is 12.0 Å². The van der Waals surface area contributed by atoms with Gasteiger partial charge in [-0.3, -0.25) is 0 Å². The van der Waals surface area contributed by atoms with Crippen LogP contribution in [-0.4, -0.2) is 12.1 Å². The molecule has 2 saturated heterocycles. The molecular formula is C11H21N. The van der Waals surface area contributed by atoms with E-state index in [9.17, 15) is 0 Å². The van der Waals surface area contributed by atoms with Gasteiger partial charge in [-0.05, 0) is 37.5 Å². The van der Waals surface area contributed by atoms with Crippen LogP contribution in [0.2, 0.25) is 0 Å². The van der Waals surface area contributed by atoms with E-state index in [0.717, 1.165) is 23.9 Å². The van der Waals surface area contributed by atoms with E-state index in [1.54, 1.807) is 0 Å². The van der Waals surface area contributed by atoms with Gasteiger partial charge in [-0.2, -0.15) is 0 Å². The Morgan fingerprint density at radius 3 is 2.17 bits per heavy atom. The number of fused-ring (bicyclic) bond motifs is 2. The van der Waals surface area contributed by atoms with Crippen molar-refractivity contribution in [3.8, 4) is 0 Å². The number of nitrogens with one attached hydrogen (secondary N) is 1. The molecule has 1 nitrogen and oxygen atoms in total. The summed E-state index contributed by atoms with van der Waals surface area (Å²) in [5.74, 6) is 1.90. The zero-order valence-electron chi connectivity index (χ0n) is 8.34. The van der Waals surface area contributed by atoms with Gasteiger partial charge in [0, 0.05) is 12.1 Å². The van der Waals surface area contributed by atoms with Crippen LogP contribution < -0.4 is 5.32 Å². The lowest BCUT2D eigenvalue weighted by Crippen LogP contribution is -2.49. The predicted molar refractivity (Wildman–Crippen MR) is 52.1 cm³/mol. The van der Waals surface area contributed by atoms with Crippen LogP contribution in [0.4, 0.5) is 0 Å². The second kappa shape index (κ2) is 3.37.